The Morgan fingerprint density at radius 3 is 2.61 bits per heavy atom. The van der Waals surface area contributed by atoms with E-state index < -0.39 is 56.7 Å². The predicted octanol–water partition coefficient (Wildman–Crippen LogP) is 3.64. The second kappa shape index (κ2) is 8.61. The van der Waals surface area contributed by atoms with E-state index in [2.05, 4.69) is 15.1 Å². The van der Waals surface area contributed by atoms with Crippen molar-refractivity contribution in [3.63, 3.8) is 0 Å². The Balaban J connectivity index is 1.62. The van der Waals surface area contributed by atoms with Gasteiger partial charge in [0.2, 0.25) is 5.82 Å². The van der Waals surface area contributed by atoms with Crippen molar-refractivity contribution in [1.82, 2.24) is 19.7 Å². The number of nitrogens with zero attached hydrogens (tertiary/aromatic N) is 4. The number of hydrogen-bond acceptors (Lipinski definition) is 6. The summed E-state index contributed by atoms with van der Waals surface area (Å²) in [6.45, 7) is 0. The van der Waals surface area contributed by atoms with Gasteiger partial charge in [0.05, 0.1) is 0 Å². The van der Waals surface area contributed by atoms with Crippen LogP contribution in [0.3, 0.4) is 0 Å². The van der Waals surface area contributed by atoms with E-state index in [4.69, 9.17) is 4.74 Å². The van der Waals surface area contributed by atoms with Crippen LogP contribution in [0.2, 0.25) is 0 Å². The fourth-order valence-corrected chi connectivity index (χ4v) is 4.90. The molecule has 1 aliphatic carbocycles. The summed E-state index contributed by atoms with van der Waals surface area (Å²) in [5.74, 6) is -7.69. The summed E-state index contributed by atoms with van der Waals surface area (Å²) < 4.78 is 91.7. The summed E-state index contributed by atoms with van der Waals surface area (Å²) in [5, 5.41) is 4.03. The van der Waals surface area contributed by atoms with Gasteiger partial charge in [-0.3, -0.25) is 9.40 Å². The lowest BCUT2D eigenvalue weighted by Gasteiger charge is -2.36. The van der Waals surface area contributed by atoms with Gasteiger partial charge in [0.25, 0.3) is 15.9 Å². The van der Waals surface area contributed by atoms with Crippen LogP contribution in [-0.4, -0.2) is 40.2 Å². The molecule has 3 aromatic rings. The van der Waals surface area contributed by atoms with Crippen LogP contribution in [0.15, 0.2) is 47.9 Å². The van der Waals surface area contributed by atoms with Crippen LogP contribution in [0.5, 0.6) is 5.75 Å². The standard InChI is InChI=1S/C20H19F4N5O3S/c1-29-13(5-9-27-29)12-4-7-20(23,24)10-15(12)32-14-2-3-16(19(22)18(14)21)33(30,31)28-17-6-8-25-11-26-17/h2-3,5-6,8-9,11-12,15H,4,7,10H2,1H3,(H,25,26,28). The minimum absolute atomic E-state index is 0.0522. The zero-order valence-electron chi connectivity index (χ0n) is 17.3. The molecule has 2 heterocycles. The van der Waals surface area contributed by atoms with Crippen molar-refractivity contribution in [2.24, 2.45) is 7.05 Å². The second-order valence-electron chi connectivity index (χ2n) is 7.63. The van der Waals surface area contributed by atoms with Crippen LogP contribution in [0.1, 0.15) is 30.9 Å². The Hall–Kier alpha value is -3.22. The van der Waals surface area contributed by atoms with E-state index in [1.54, 1.807) is 13.1 Å². The van der Waals surface area contributed by atoms with E-state index >= 15 is 0 Å². The molecule has 176 valence electrons. The Kier molecular flexibility index (Phi) is 5.99. The highest BCUT2D eigenvalue weighted by molar-refractivity contribution is 7.92. The zero-order chi connectivity index (χ0) is 23.8. The lowest BCUT2D eigenvalue weighted by molar-refractivity contribution is -0.0787. The van der Waals surface area contributed by atoms with E-state index in [0.717, 1.165) is 18.5 Å². The molecule has 1 aliphatic rings. The number of hydrogen-bond donors (Lipinski definition) is 1. The first-order valence-electron chi connectivity index (χ1n) is 9.86. The molecule has 0 aliphatic heterocycles. The molecule has 4 rings (SSSR count). The van der Waals surface area contributed by atoms with Crippen molar-refractivity contribution in [2.75, 3.05) is 4.72 Å². The Bertz CT molecular complexity index is 1250. The van der Waals surface area contributed by atoms with Gasteiger partial charge in [0, 0.05) is 43.9 Å². The highest BCUT2D eigenvalue weighted by Crippen LogP contribution is 2.43. The SMILES string of the molecule is Cn1nccc1C1CCC(F)(F)CC1Oc1ccc(S(=O)(=O)Nc2ccncn2)c(F)c1F. The van der Waals surface area contributed by atoms with Crippen molar-refractivity contribution in [2.45, 2.75) is 42.1 Å². The second-order valence-corrected chi connectivity index (χ2v) is 9.28. The van der Waals surface area contributed by atoms with E-state index in [9.17, 15) is 26.0 Å². The molecule has 1 fully saturated rings. The molecule has 0 saturated heterocycles. The van der Waals surface area contributed by atoms with Gasteiger partial charge < -0.3 is 4.74 Å². The molecule has 8 nitrogen and oxygen atoms in total. The van der Waals surface area contributed by atoms with E-state index in [-0.39, 0.29) is 18.7 Å². The van der Waals surface area contributed by atoms with Gasteiger partial charge >= 0.3 is 0 Å². The summed E-state index contributed by atoms with van der Waals surface area (Å²) in [4.78, 5) is 6.32. The third kappa shape index (κ3) is 4.77. The third-order valence-electron chi connectivity index (χ3n) is 5.41. The van der Waals surface area contributed by atoms with Gasteiger partial charge in [0.15, 0.2) is 11.6 Å². The predicted molar refractivity (Wildman–Crippen MR) is 108 cm³/mol. The maximum atomic E-state index is 14.8. The molecular formula is C20H19F4N5O3S. The van der Waals surface area contributed by atoms with E-state index in [1.807, 2.05) is 4.72 Å². The fraction of sp³-hybridized carbons (Fsp3) is 0.350. The third-order valence-corrected chi connectivity index (χ3v) is 6.78. The first-order valence-corrected chi connectivity index (χ1v) is 11.3. The number of aryl methyl sites for hydroxylation is 1. The maximum Gasteiger partial charge on any atom is 0.266 e. The monoisotopic (exact) mass is 485 g/mol. The van der Waals surface area contributed by atoms with Crippen LogP contribution in [-0.2, 0) is 17.1 Å². The molecule has 2 atom stereocenters. The van der Waals surface area contributed by atoms with Crippen LogP contribution in [0, 0.1) is 11.6 Å². The first kappa shape index (κ1) is 23.0. The van der Waals surface area contributed by atoms with E-state index in [0.29, 0.717) is 5.69 Å². The highest BCUT2D eigenvalue weighted by atomic mass is 32.2. The van der Waals surface area contributed by atoms with Crippen LogP contribution in [0.4, 0.5) is 23.4 Å². The Labute approximate surface area is 186 Å². The van der Waals surface area contributed by atoms with Crippen LogP contribution in [0.25, 0.3) is 0 Å². The fourth-order valence-electron chi connectivity index (χ4n) is 3.82. The zero-order valence-corrected chi connectivity index (χ0v) is 18.1. The number of alkyl halides is 2. The molecular weight excluding hydrogens is 466 g/mol. The Morgan fingerprint density at radius 1 is 1.15 bits per heavy atom. The molecule has 33 heavy (non-hydrogen) atoms. The van der Waals surface area contributed by atoms with Gasteiger partial charge in [-0.2, -0.15) is 9.49 Å². The van der Waals surface area contributed by atoms with Crippen molar-refractivity contribution < 1.29 is 30.7 Å². The van der Waals surface area contributed by atoms with Crippen LogP contribution < -0.4 is 9.46 Å². The average Bonchev–Trinajstić information content (AvgIpc) is 3.17. The minimum atomic E-state index is -4.53. The molecule has 0 radical (unpaired) electrons. The van der Waals surface area contributed by atoms with E-state index in [1.165, 1.54) is 23.1 Å². The summed E-state index contributed by atoms with van der Waals surface area (Å²) in [6.07, 6.45) is 1.62. The normalized spacial score (nSPS) is 20.4. The molecule has 0 amide bonds. The number of nitrogens with one attached hydrogen (secondary N) is 1. The van der Waals surface area contributed by atoms with Crippen molar-refractivity contribution >= 4 is 15.8 Å². The van der Waals surface area contributed by atoms with Crippen molar-refractivity contribution in [1.29, 1.82) is 0 Å². The quantitative estimate of drug-likeness (QED) is 0.536. The first-order chi connectivity index (χ1) is 15.6. The van der Waals surface area contributed by atoms with Gasteiger partial charge in [-0.1, -0.05) is 0 Å². The number of anilines is 1. The molecule has 2 aromatic heterocycles. The number of benzene rings is 1. The van der Waals surface area contributed by atoms with Gasteiger partial charge in [-0.15, -0.1) is 0 Å². The summed E-state index contributed by atoms with van der Waals surface area (Å²) in [6, 6.07) is 4.58. The highest BCUT2D eigenvalue weighted by Gasteiger charge is 2.44. The molecule has 0 spiro atoms. The number of aromatic nitrogens is 4. The van der Waals surface area contributed by atoms with Gasteiger partial charge in [-0.25, -0.2) is 31.6 Å². The lowest BCUT2D eigenvalue weighted by Crippen LogP contribution is -2.39. The van der Waals surface area contributed by atoms with Gasteiger partial charge in [-0.05, 0) is 30.7 Å². The largest absolute Gasteiger partial charge is 0.486 e. The molecule has 1 aromatic carbocycles. The number of ether oxygens (including phenoxy) is 1. The molecule has 1 saturated carbocycles. The van der Waals surface area contributed by atoms with Crippen molar-refractivity contribution in [3.05, 3.63) is 60.3 Å². The Morgan fingerprint density at radius 2 is 1.94 bits per heavy atom. The molecule has 0 bridgehead atoms. The summed E-state index contributed by atoms with van der Waals surface area (Å²) in [5.41, 5.74) is 0.615. The van der Waals surface area contributed by atoms with Crippen molar-refractivity contribution in [3.8, 4) is 5.75 Å². The maximum absolute atomic E-state index is 14.8. The number of rotatable bonds is 6. The smallest absolute Gasteiger partial charge is 0.266 e. The molecule has 13 heteroatoms. The number of halogens is 4. The lowest BCUT2D eigenvalue weighted by atomic mass is 9.82. The number of sulfonamides is 1. The minimum Gasteiger partial charge on any atom is -0.486 e. The van der Waals surface area contributed by atoms with Gasteiger partial charge in [0.1, 0.15) is 23.1 Å². The summed E-state index contributed by atoms with van der Waals surface area (Å²) in [7, 11) is -2.89. The summed E-state index contributed by atoms with van der Waals surface area (Å²) >= 11 is 0. The molecule has 1 N–H and O–H groups in total. The average molecular weight is 485 g/mol. The molecule has 2 unspecified atom stereocenters. The topological polar surface area (TPSA) is 99.0 Å². The van der Waals surface area contributed by atoms with Crippen LogP contribution >= 0.6 is 0 Å².